The van der Waals surface area contributed by atoms with Crippen molar-refractivity contribution in [3.8, 4) is 101 Å². The third-order valence-corrected chi connectivity index (χ3v) is 12.5. The lowest BCUT2D eigenvalue weighted by molar-refractivity contribution is 0.670. The second kappa shape index (κ2) is 17.2. The van der Waals surface area contributed by atoms with Crippen molar-refractivity contribution in [2.45, 2.75) is 0 Å². The Morgan fingerprint density at radius 2 is 0.537 bits per heavy atom. The van der Waals surface area contributed by atoms with Crippen LogP contribution in [0.2, 0.25) is 0 Å². The fourth-order valence-electron chi connectivity index (χ4n) is 9.16. The SMILES string of the molecule is c1ccc(-c2cc(-c3ccccc3)cc(-c3nc(-c4cc(-c5ccccc5)cc(-c5ccccc5)c4)nc(-c4cccc5c4oc4c(-c6ccccc6)cc(-c6ccccc6)cc45)n3)c2)cc1. The zero-order chi connectivity index (χ0) is 44.5. The van der Waals surface area contributed by atoms with Gasteiger partial charge in [0.15, 0.2) is 17.5 Å². The molecule has 0 aliphatic rings. The van der Waals surface area contributed by atoms with Crippen molar-refractivity contribution in [3.05, 3.63) is 249 Å². The summed E-state index contributed by atoms with van der Waals surface area (Å²) in [6, 6.07) is 87.0. The predicted molar refractivity (Wildman–Crippen MR) is 276 cm³/mol. The molecule has 0 bridgehead atoms. The van der Waals surface area contributed by atoms with Gasteiger partial charge in [-0.15, -0.1) is 0 Å². The molecule has 0 saturated heterocycles. The molecule has 0 spiro atoms. The summed E-state index contributed by atoms with van der Waals surface area (Å²) in [5.41, 5.74) is 17.1. The van der Waals surface area contributed by atoms with Gasteiger partial charge < -0.3 is 4.42 Å². The molecule has 2 heterocycles. The highest BCUT2D eigenvalue weighted by Gasteiger charge is 2.22. The zero-order valence-corrected chi connectivity index (χ0v) is 36.4. The van der Waals surface area contributed by atoms with Gasteiger partial charge in [-0.3, -0.25) is 0 Å². The van der Waals surface area contributed by atoms with E-state index in [-0.39, 0.29) is 0 Å². The van der Waals surface area contributed by atoms with Crippen molar-refractivity contribution in [3.63, 3.8) is 0 Å². The van der Waals surface area contributed by atoms with Crippen molar-refractivity contribution in [1.29, 1.82) is 0 Å². The minimum atomic E-state index is 0.520. The predicted octanol–water partition coefficient (Wildman–Crippen LogP) is 16.8. The maximum atomic E-state index is 7.11. The van der Waals surface area contributed by atoms with Gasteiger partial charge in [-0.05, 0) is 116 Å². The summed E-state index contributed by atoms with van der Waals surface area (Å²) >= 11 is 0. The van der Waals surface area contributed by atoms with Crippen molar-refractivity contribution in [1.82, 2.24) is 15.0 Å². The van der Waals surface area contributed by atoms with Gasteiger partial charge in [-0.1, -0.05) is 194 Å². The van der Waals surface area contributed by atoms with Crippen LogP contribution in [0.5, 0.6) is 0 Å². The average Bonchev–Trinajstić information content (AvgIpc) is 3.81. The third-order valence-electron chi connectivity index (χ3n) is 12.5. The molecule has 12 rings (SSSR count). The topological polar surface area (TPSA) is 51.8 Å². The Hall–Kier alpha value is -8.99. The number of hydrogen-bond acceptors (Lipinski definition) is 4. The standard InChI is InChI=1S/C63H41N3O/c1-7-20-42(21-8-1)48-34-49(43-22-9-2-10-23-43)37-53(36-48)61-64-62(54-38-50(44-24-11-3-12-25-44)35-51(39-54)45-26-13-4-14-27-45)66-63(65-61)56-33-19-32-55-58-41-52(46-28-15-5-16-29-46)40-57(60(58)67-59(55)56)47-30-17-6-18-31-47/h1-41H. The number of aromatic nitrogens is 3. The number of rotatable bonds is 9. The number of benzene rings is 10. The smallest absolute Gasteiger partial charge is 0.167 e. The second-order valence-electron chi connectivity index (χ2n) is 16.8. The maximum absolute atomic E-state index is 7.11. The Morgan fingerprint density at radius 1 is 0.209 bits per heavy atom. The Bertz CT molecular complexity index is 3440. The first-order valence-electron chi connectivity index (χ1n) is 22.6. The van der Waals surface area contributed by atoms with Gasteiger partial charge in [-0.25, -0.2) is 15.0 Å². The highest BCUT2D eigenvalue weighted by Crippen LogP contribution is 2.43. The van der Waals surface area contributed by atoms with Crippen LogP contribution in [-0.2, 0) is 0 Å². The Balaban J connectivity index is 1.13. The molecule has 4 heteroatoms. The van der Waals surface area contributed by atoms with Gasteiger partial charge in [-0.2, -0.15) is 0 Å². The van der Waals surface area contributed by atoms with E-state index in [1.54, 1.807) is 0 Å². The molecule has 0 amide bonds. The number of fused-ring (bicyclic) bond motifs is 3. The summed E-state index contributed by atoms with van der Waals surface area (Å²) < 4.78 is 7.11. The molecule has 0 N–H and O–H groups in total. The van der Waals surface area contributed by atoms with Crippen molar-refractivity contribution in [2.24, 2.45) is 0 Å². The highest BCUT2D eigenvalue weighted by molar-refractivity contribution is 6.14. The molecule has 0 fully saturated rings. The number of nitrogens with zero attached hydrogens (tertiary/aromatic N) is 3. The minimum absolute atomic E-state index is 0.520. The van der Waals surface area contributed by atoms with Crippen LogP contribution >= 0.6 is 0 Å². The molecule has 0 aliphatic heterocycles. The molecule has 12 aromatic rings. The van der Waals surface area contributed by atoms with Gasteiger partial charge in [0.2, 0.25) is 0 Å². The van der Waals surface area contributed by atoms with E-state index < -0.39 is 0 Å². The molecule has 0 unspecified atom stereocenters. The lowest BCUT2D eigenvalue weighted by atomic mass is 9.95. The maximum Gasteiger partial charge on any atom is 0.167 e. The van der Waals surface area contributed by atoms with Crippen molar-refractivity contribution in [2.75, 3.05) is 0 Å². The molecule has 4 nitrogen and oxygen atoms in total. The van der Waals surface area contributed by atoms with E-state index in [9.17, 15) is 0 Å². The summed E-state index contributed by atoms with van der Waals surface area (Å²) in [7, 11) is 0. The molecule has 314 valence electrons. The summed E-state index contributed by atoms with van der Waals surface area (Å²) in [6.45, 7) is 0. The summed E-state index contributed by atoms with van der Waals surface area (Å²) in [6.07, 6.45) is 0. The number of furan rings is 1. The first kappa shape index (κ1) is 39.6. The van der Waals surface area contributed by atoms with Crippen LogP contribution < -0.4 is 0 Å². The van der Waals surface area contributed by atoms with Gasteiger partial charge in [0.25, 0.3) is 0 Å². The normalized spacial score (nSPS) is 11.3. The van der Waals surface area contributed by atoms with Crippen LogP contribution in [0.25, 0.3) is 123 Å². The summed E-state index contributed by atoms with van der Waals surface area (Å²) in [5, 5.41) is 2.01. The van der Waals surface area contributed by atoms with E-state index in [2.05, 4.69) is 218 Å². The van der Waals surface area contributed by atoms with Crippen LogP contribution in [0.3, 0.4) is 0 Å². The van der Waals surface area contributed by atoms with E-state index in [1.807, 2.05) is 30.3 Å². The molecule has 0 aliphatic carbocycles. The fourth-order valence-corrected chi connectivity index (χ4v) is 9.16. The lowest BCUT2D eigenvalue weighted by Gasteiger charge is -2.14. The second-order valence-corrected chi connectivity index (χ2v) is 16.8. The van der Waals surface area contributed by atoms with E-state index in [0.717, 1.165) is 99.8 Å². The number of hydrogen-bond donors (Lipinski definition) is 0. The molecule has 0 saturated carbocycles. The average molecular weight is 856 g/mol. The first-order valence-corrected chi connectivity index (χ1v) is 22.6. The van der Waals surface area contributed by atoms with Crippen LogP contribution in [0.4, 0.5) is 0 Å². The van der Waals surface area contributed by atoms with Gasteiger partial charge >= 0.3 is 0 Å². The molecule has 10 aromatic carbocycles. The Labute approximate surface area is 389 Å². The quantitative estimate of drug-likeness (QED) is 0.145. The molecule has 0 atom stereocenters. The lowest BCUT2D eigenvalue weighted by Crippen LogP contribution is -2.01. The first-order chi connectivity index (χ1) is 33.2. The molecular weight excluding hydrogens is 815 g/mol. The van der Waals surface area contributed by atoms with E-state index in [1.165, 1.54) is 0 Å². The third kappa shape index (κ3) is 7.77. The highest BCUT2D eigenvalue weighted by atomic mass is 16.3. The monoisotopic (exact) mass is 855 g/mol. The van der Waals surface area contributed by atoms with Gasteiger partial charge in [0.1, 0.15) is 11.2 Å². The van der Waals surface area contributed by atoms with E-state index in [0.29, 0.717) is 23.1 Å². The van der Waals surface area contributed by atoms with Crippen LogP contribution in [0.15, 0.2) is 253 Å². The molecule has 0 radical (unpaired) electrons. The molecule has 67 heavy (non-hydrogen) atoms. The minimum Gasteiger partial charge on any atom is -0.455 e. The van der Waals surface area contributed by atoms with Crippen LogP contribution in [0, 0.1) is 0 Å². The van der Waals surface area contributed by atoms with Crippen LogP contribution in [-0.4, -0.2) is 15.0 Å². The molecule has 2 aromatic heterocycles. The number of para-hydroxylation sites is 1. The van der Waals surface area contributed by atoms with E-state index >= 15 is 0 Å². The Morgan fingerprint density at radius 3 is 0.940 bits per heavy atom. The fraction of sp³-hybridized carbons (Fsp3) is 0. The van der Waals surface area contributed by atoms with Crippen molar-refractivity contribution < 1.29 is 4.42 Å². The summed E-state index contributed by atoms with van der Waals surface area (Å²) in [5.74, 6) is 1.64. The Kier molecular flexibility index (Phi) is 10.2. The van der Waals surface area contributed by atoms with Crippen LogP contribution in [0.1, 0.15) is 0 Å². The zero-order valence-electron chi connectivity index (χ0n) is 36.4. The largest absolute Gasteiger partial charge is 0.455 e. The molecular formula is C63H41N3O. The van der Waals surface area contributed by atoms with Gasteiger partial charge in [0, 0.05) is 27.5 Å². The van der Waals surface area contributed by atoms with Gasteiger partial charge in [0.05, 0.1) is 5.56 Å². The van der Waals surface area contributed by atoms with E-state index in [4.69, 9.17) is 19.4 Å². The van der Waals surface area contributed by atoms with Crippen molar-refractivity contribution >= 4 is 21.9 Å². The summed E-state index contributed by atoms with van der Waals surface area (Å²) in [4.78, 5) is 16.2.